The van der Waals surface area contributed by atoms with Crippen molar-refractivity contribution >= 4 is 5.78 Å². The molecule has 0 spiro atoms. The van der Waals surface area contributed by atoms with Gasteiger partial charge in [-0.2, -0.15) is 0 Å². The molecule has 0 amide bonds. The van der Waals surface area contributed by atoms with Gasteiger partial charge in [0.25, 0.3) is 0 Å². The molecule has 0 aliphatic carbocycles. The number of Topliss-reactive ketones (excluding diaryl/α,β-unsaturated/α-hetero) is 1. The monoisotopic (exact) mass is 317 g/mol. The zero-order valence-corrected chi connectivity index (χ0v) is 14.3. The van der Waals surface area contributed by atoms with Crippen molar-refractivity contribution in [3.63, 3.8) is 0 Å². The number of hydrogen-bond acceptors (Lipinski definition) is 1. The van der Waals surface area contributed by atoms with Gasteiger partial charge in [-0.3, -0.25) is 4.79 Å². The quantitative estimate of drug-likeness (QED) is 0.594. The highest BCUT2D eigenvalue weighted by molar-refractivity contribution is 5.96. The SMILES string of the molecule is CC(C)(C)c1ccc(C(=O)CCC[n+]2ccccc2)cc1.[Cl-]. The number of ketones is 1. The molecule has 0 bridgehead atoms. The molecule has 3 heteroatoms. The lowest BCUT2D eigenvalue weighted by molar-refractivity contribution is -0.697. The molecule has 0 N–H and O–H groups in total. The minimum Gasteiger partial charge on any atom is -1.00 e. The molecule has 2 nitrogen and oxygen atoms in total. The maximum atomic E-state index is 12.2. The van der Waals surface area contributed by atoms with Crippen molar-refractivity contribution < 1.29 is 21.8 Å². The van der Waals surface area contributed by atoms with E-state index >= 15 is 0 Å². The van der Waals surface area contributed by atoms with Crippen LogP contribution in [-0.2, 0) is 12.0 Å². The van der Waals surface area contributed by atoms with Gasteiger partial charge < -0.3 is 12.4 Å². The summed E-state index contributed by atoms with van der Waals surface area (Å²) in [6.45, 7) is 7.43. The Labute approximate surface area is 139 Å². The Balaban J connectivity index is 0.00000242. The van der Waals surface area contributed by atoms with E-state index < -0.39 is 0 Å². The van der Waals surface area contributed by atoms with Gasteiger partial charge in [-0.25, -0.2) is 4.57 Å². The lowest BCUT2D eigenvalue weighted by Crippen LogP contribution is -3.00. The third-order valence-corrected chi connectivity index (χ3v) is 3.67. The molecule has 2 rings (SSSR count). The standard InChI is InChI=1S/C19H24NO.ClH/c1-19(2,3)17-11-9-16(10-12-17)18(21)8-7-15-20-13-5-4-6-14-20;/h4-6,9-14H,7-8,15H2,1-3H3;1H/q+1;/p-1. The second kappa shape index (κ2) is 8.09. The van der Waals surface area contributed by atoms with Crippen LogP contribution in [0.4, 0.5) is 0 Å². The molecule has 0 atom stereocenters. The van der Waals surface area contributed by atoms with Crippen LogP contribution in [0.15, 0.2) is 54.9 Å². The lowest BCUT2D eigenvalue weighted by Gasteiger charge is -2.18. The molecule has 0 aliphatic heterocycles. The summed E-state index contributed by atoms with van der Waals surface area (Å²) < 4.78 is 2.11. The Morgan fingerprint density at radius 2 is 1.59 bits per heavy atom. The Morgan fingerprint density at radius 3 is 2.14 bits per heavy atom. The van der Waals surface area contributed by atoms with Crippen molar-refractivity contribution in [3.8, 4) is 0 Å². The number of carbonyl (C=O) groups excluding carboxylic acids is 1. The van der Waals surface area contributed by atoms with Gasteiger partial charge in [-0.05, 0) is 11.0 Å². The average Bonchev–Trinajstić information content (AvgIpc) is 2.47. The Hall–Kier alpha value is -1.67. The second-order valence-corrected chi connectivity index (χ2v) is 6.47. The van der Waals surface area contributed by atoms with Crippen LogP contribution in [0.1, 0.15) is 49.5 Å². The molecule has 2 aromatic rings. The molecule has 0 radical (unpaired) electrons. The maximum absolute atomic E-state index is 12.2. The van der Waals surface area contributed by atoms with Gasteiger partial charge in [-0.1, -0.05) is 51.1 Å². The van der Waals surface area contributed by atoms with E-state index in [0.717, 1.165) is 18.5 Å². The van der Waals surface area contributed by atoms with Crippen molar-refractivity contribution in [2.45, 2.75) is 45.6 Å². The predicted molar refractivity (Wildman–Crippen MR) is 85.3 cm³/mol. The minimum atomic E-state index is 0. The number of benzene rings is 1. The molecule has 0 saturated carbocycles. The summed E-state index contributed by atoms with van der Waals surface area (Å²) in [5.41, 5.74) is 2.21. The van der Waals surface area contributed by atoms with Gasteiger partial charge in [-0.15, -0.1) is 0 Å². The van der Waals surface area contributed by atoms with Crippen LogP contribution in [0, 0.1) is 0 Å². The van der Waals surface area contributed by atoms with Crippen molar-refractivity contribution in [3.05, 3.63) is 66.0 Å². The van der Waals surface area contributed by atoms with Crippen LogP contribution < -0.4 is 17.0 Å². The number of hydrogen-bond donors (Lipinski definition) is 0. The number of rotatable bonds is 5. The summed E-state index contributed by atoms with van der Waals surface area (Å²) in [4.78, 5) is 12.2. The average molecular weight is 318 g/mol. The summed E-state index contributed by atoms with van der Waals surface area (Å²) in [5.74, 6) is 0.229. The van der Waals surface area contributed by atoms with Crippen LogP contribution in [0.2, 0.25) is 0 Å². The first-order chi connectivity index (χ1) is 9.97. The van der Waals surface area contributed by atoms with Gasteiger partial charge in [0.1, 0.15) is 6.54 Å². The van der Waals surface area contributed by atoms with E-state index in [4.69, 9.17) is 0 Å². The molecule has 1 aromatic carbocycles. The fraction of sp³-hybridized carbons (Fsp3) is 0.368. The number of pyridine rings is 1. The fourth-order valence-corrected chi connectivity index (χ4v) is 2.31. The first-order valence-corrected chi connectivity index (χ1v) is 7.55. The molecular formula is C19H24ClNO. The van der Waals surface area contributed by atoms with Crippen LogP contribution in [-0.4, -0.2) is 5.78 Å². The summed E-state index contributed by atoms with van der Waals surface area (Å²) in [7, 11) is 0. The number of carbonyl (C=O) groups is 1. The number of nitrogens with zero attached hydrogens (tertiary/aromatic N) is 1. The fourth-order valence-electron chi connectivity index (χ4n) is 2.31. The second-order valence-electron chi connectivity index (χ2n) is 6.47. The molecule has 0 saturated heterocycles. The van der Waals surface area contributed by atoms with Crippen molar-refractivity contribution in [2.75, 3.05) is 0 Å². The Bertz CT molecular complexity index is 585. The third-order valence-electron chi connectivity index (χ3n) is 3.67. The van der Waals surface area contributed by atoms with E-state index in [-0.39, 0.29) is 23.6 Å². The van der Waals surface area contributed by atoms with Crippen molar-refractivity contribution in [1.29, 1.82) is 0 Å². The maximum Gasteiger partial charge on any atom is 0.168 e. The zero-order valence-electron chi connectivity index (χ0n) is 13.6. The highest BCUT2D eigenvalue weighted by Gasteiger charge is 2.14. The van der Waals surface area contributed by atoms with Gasteiger partial charge in [0.05, 0.1) is 0 Å². The van der Waals surface area contributed by atoms with E-state index in [1.54, 1.807) is 0 Å². The van der Waals surface area contributed by atoms with Crippen LogP contribution in [0.5, 0.6) is 0 Å². The molecule has 22 heavy (non-hydrogen) atoms. The molecule has 118 valence electrons. The largest absolute Gasteiger partial charge is 1.00 e. The topological polar surface area (TPSA) is 20.9 Å². The predicted octanol–water partition coefficient (Wildman–Crippen LogP) is 0.939. The van der Waals surface area contributed by atoms with Crippen LogP contribution in [0.3, 0.4) is 0 Å². The summed E-state index contributed by atoms with van der Waals surface area (Å²) >= 11 is 0. The minimum absolute atomic E-state index is 0. The number of halogens is 1. The van der Waals surface area contributed by atoms with Gasteiger partial charge in [0.15, 0.2) is 18.2 Å². The van der Waals surface area contributed by atoms with Gasteiger partial charge in [0.2, 0.25) is 0 Å². The van der Waals surface area contributed by atoms with E-state index in [1.807, 2.05) is 42.7 Å². The van der Waals surface area contributed by atoms with Gasteiger partial charge in [0, 0.05) is 30.5 Å². The summed E-state index contributed by atoms with van der Waals surface area (Å²) in [6.07, 6.45) is 5.52. The number of aromatic nitrogens is 1. The van der Waals surface area contributed by atoms with Crippen LogP contribution >= 0.6 is 0 Å². The van der Waals surface area contributed by atoms with E-state index in [0.29, 0.717) is 6.42 Å². The molecule has 0 aliphatic rings. The first-order valence-electron chi connectivity index (χ1n) is 7.55. The van der Waals surface area contributed by atoms with E-state index in [9.17, 15) is 4.79 Å². The Morgan fingerprint density at radius 1 is 1.00 bits per heavy atom. The van der Waals surface area contributed by atoms with E-state index in [1.165, 1.54) is 5.56 Å². The van der Waals surface area contributed by atoms with Gasteiger partial charge >= 0.3 is 0 Å². The normalized spacial score (nSPS) is 10.9. The lowest BCUT2D eigenvalue weighted by atomic mass is 9.86. The highest BCUT2D eigenvalue weighted by Crippen LogP contribution is 2.22. The number of aryl methyl sites for hydroxylation is 1. The molecule has 0 fully saturated rings. The zero-order chi connectivity index (χ0) is 15.3. The smallest absolute Gasteiger partial charge is 0.168 e. The van der Waals surface area contributed by atoms with Crippen LogP contribution in [0.25, 0.3) is 0 Å². The molecule has 0 unspecified atom stereocenters. The summed E-state index contributed by atoms with van der Waals surface area (Å²) in [6, 6.07) is 14.1. The summed E-state index contributed by atoms with van der Waals surface area (Å²) in [5, 5.41) is 0. The molecule has 1 heterocycles. The van der Waals surface area contributed by atoms with E-state index in [2.05, 4.69) is 37.5 Å². The molecular weight excluding hydrogens is 294 g/mol. The first kappa shape index (κ1) is 18.4. The highest BCUT2D eigenvalue weighted by atomic mass is 35.5. The third kappa shape index (κ3) is 5.27. The van der Waals surface area contributed by atoms with Crippen molar-refractivity contribution in [2.24, 2.45) is 0 Å². The Kier molecular flexibility index (Phi) is 6.76. The molecule has 1 aromatic heterocycles. The van der Waals surface area contributed by atoms with Crippen molar-refractivity contribution in [1.82, 2.24) is 0 Å².